The zero-order chi connectivity index (χ0) is 16.9. The maximum atomic E-state index is 12.7. The first-order valence-corrected chi connectivity index (χ1v) is 8.54. The van der Waals surface area contributed by atoms with Crippen LogP contribution in [0, 0.1) is 13.8 Å². The van der Waals surface area contributed by atoms with Crippen LogP contribution in [-0.4, -0.2) is 46.5 Å². The summed E-state index contributed by atoms with van der Waals surface area (Å²) in [6.45, 7) is 6.64. The molecule has 0 radical (unpaired) electrons. The van der Waals surface area contributed by atoms with E-state index in [1.54, 1.807) is 6.20 Å². The Balaban J connectivity index is 1.70. The molecule has 1 N–H and O–H groups in total. The zero-order valence-corrected chi connectivity index (χ0v) is 14.4. The van der Waals surface area contributed by atoms with Crippen molar-refractivity contribution in [3.05, 3.63) is 53.1 Å². The highest BCUT2D eigenvalue weighted by Gasteiger charge is 2.22. The van der Waals surface area contributed by atoms with E-state index in [2.05, 4.69) is 14.9 Å². The van der Waals surface area contributed by atoms with Gasteiger partial charge in [-0.05, 0) is 44.4 Å². The average molecular weight is 327 g/mol. The van der Waals surface area contributed by atoms with Gasteiger partial charge in [0, 0.05) is 49.0 Å². The van der Waals surface area contributed by atoms with Crippen LogP contribution in [0.5, 0.6) is 0 Å². The minimum atomic E-state index is 0.152. The van der Waals surface area contributed by atoms with E-state index < -0.39 is 0 Å². The number of H-pyrrole nitrogens is 1. The third-order valence-corrected chi connectivity index (χ3v) is 4.43. The number of aryl methyl sites for hydroxylation is 2. The lowest BCUT2D eigenvalue weighted by Gasteiger charge is -2.24. The molecule has 1 atom stereocenters. The van der Waals surface area contributed by atoms with Gasteiger partial charge in [-0.25, -0.2) is 0 Å². The van der Waals surface area contributed by atoms with Crippen LogP contribution in [0.15, 0.2) is 30.6 Å². The number of ether oxygens (including phenoxy) is 1. The molecule has 1 aliphatic heterocycles. The van der Waals surface area contributed by atoms with Gasteiger partial charge in [-0.15, -0.1) is 0 Å². The quantitative estimate of drug-likeness (QED) is 0.795. The molecule has 0 spiro atoms. The predicted octanol–water partition coefficient (Wildman–Crippen LogP) is 2.89. The second kappa shape index (κ2) is 7.73. The molecule has 5 nitrogen and oxygen atoms in total. The maximum absolute atomic E-state index is 12.7. The number of aromatic nitrogens is 2. The molecule has 0 aliphatic carbocycles. The molecule has 3 rings (SSSR count). The Morgan fingerprint density at radius 3 is 2.96 bits per heavy atom. The van der Waals surface area contributed by atoms with Gasteiger partial charge in [0.05, 0.1) is 12.6 Å². The van der Waals surface area contributed by atoms with Crippen molar-refractivity contribution in [3.63, 3.8) is 0 Å². The molecule has 0 bridgehead atoms. The number of Topliss-reactive ketones (excluding diaryl/α,β-unsaturated/α-hetero) is 1. The fourth-order valence-electron chi connectivity index (χ4n) is 3.31. The number of ketones is 1. The molecule has 0 aromatic carbocycles. The summed E-state index contributed by atoms with van der Waals surface area (Å²) in [5.41, 5.74) is 3.87. The number of rotatable bonds is 7. The second-order valence-corrected chi connectivity index (χ2v) is 6.58. The summed E-state index contributed by atoms with van der Waals surface area (Å²) in [6.07, 6.45) is 6.03. The third kappa shape index (κ3) is 4.30. The van der Waals surface area contributed by atoms with Crippen LogP contribution in [0.2, 0.25) is 0 Å². The summed E-state index contributed by atoms with van der Waals surface area (Å²) >= 11 is 0. The second-order valence-electron chi connectivity index (χ2n) is 6.58. The number of hydrogen-bond acceptors (Lipinski definition) is 4. The first-order chi connectivity index (χ1) is 11.6. The molecule has 128 valence electrons. The highest BCUT2D eigenvalue weighted by atomic mass is 16.5. The third-order valence-electron chi connectivity index (χ3n) is 4.43. The predicted molar refractivity (Wildman–Crippen MR) is 93.1 cm³/mol. The molecule has 2 aromatic rings. The van der Waals surface area contributed by atoms with Crippen molar-refractivity contribution >= 4 is 5.78 Å². The van der Waals surface area contributed by atoms with E-state index in [0.717, 1.165) is 48.5 Å². The topological polar surface area (TPSA) is 58.2 Å². The van der Waals surface area contributed by atoms with Gasteiger partial charge in [0.2, 0.25) is 0 Å². The van der Waals surface area contributed by atoms with E-state index in [0.29, 0.717) is 13.1 Å². The fraction of sp³-hybridized carbons (Fsp3) is 0.474. The first kappa shape index (κ1) is 16.9. The van der Waals surface area contributed by atoms with Crippen LogP contribution in [0.4, 0.5) is 0 Å². The van der Waals surface area contributed by atoms with Crippen LogP contribution < -0.4 is 0 Å². The van der Waals surface area contributed by atoms with E-state index >= 15 is 0 Å². The van der Waals surface area contributed by atoms with E-state index in [1.807, 2.05) is 38.2 Å². The van der Waals surface area contributed by atoms with Crippen molar-refractivity contribution in [1.29, 1.82) is 0 Å². The van der Waals surface area contributed by atoms with Gasteiger partial charge in [-0.3, -0.25) is 14.7 Å². The van der Waals surface area contributed by atoms with Crippen LogP contribution >= 0.6 is 0 Å². The van der Waals surface area contributed by atoms with Gasteiger partial charge in [0.1, 0.15) is 0 Å². The summed E-state index contributed by atoms with van der Waals surface area (Å²) in [5.74, 6) is 0.152. The summed E-state index contributed by atoms with van der Waals surface area (Å²) in [6, 6.07) is 5.92. The Labute approximate surface area is 143 Å². The van der Waals surface area contributed by atoms with Crippen molar-refractivity contribution in [3.8, 4) is 0 Å². The fourth-order valence-corrected chi connectivity index (χ4v) is 3.31. The van der Waals surface area contributed by atoms with Gasteiger partial charge in [0.25, 0.3) is 0 Å². The number of carbonyl (C=O) groups excluding carboxylic acids is 1. The van der Waals surface area contributed by atoms with Crippen LogP contribution in [0.3, 0.4) is 0 Å². The van der Waals surface area contributed by atoms with E-state index in [-0.39, 0.29) is 11.9 Å². The minimum absolute atomic E-state index is 0.152. The SMILES string of the molecule is Cc1cc(C(=O)CN(Cc2cccnc2)C[C@H]2CCCO2)c(C)[nH]1. The lowest BCUT2D eigenvalue weighted by atomic mass is 10.1. The van der Waals surface area contributed by atoms with Crippen molar-refractivity contribution in [2.75, 3.05) is 19.7 Å². The molecular weight excluding hydrogens is 302 g/mol. The number of hydrogen-bond donors (Lipinski definition) is 1. The molecule has 0 unspecified atom stereocenters. The van der Waals surface area contributed by atoms with E-state index in [1.165, 1.54) is 0 Å². The average Bonchev–Trinajstić information content (AvgIpc) is 3.17. The number of aromatic amines is 1. The number of nitrogens with one attached hydrogen (secondary N) is 1. The normalized spacial score (nSPS) is 17.5. The zero-order valence-electron chi connectivity index (χ0n) is 14.4. The minimum Gasteiger partial charge on any atom is -0.377 e. The Morgan fingerprint density at radius 2 is 2.33 bits per heavy atom. The standard InChI is InChI=1S/C19H25N3O2/c1-14-9-18(15(2)21-14)19(23)13-22(12-17-6-4-8-24-17)11-16-5-3-7-20-10-16/h3,5,7,9-10,17,21H,4,6,8,11-13H2,1-2H3/t17-/m1/s1. The van der Waals surface area contributed by atoms with Crippen molar-refractivity contribution in [2.24, 2.45) is 0 Å². The molecule has 1 aliphatic rings. The lowest BCUT2D eigenvalue weighted by molar-refractivity contribution is 0.0650. The monoisotopic (exact) mass is 327 g/mol. The Bertz CT molecular complexity index is 675. The molecule has 0 amide bonds. The molecule has 3 heterocycles. The molecule has 0 saturated carbocycles. The maximum Gasteiger partial charge on any atom is 0.178 e. The van der Waals surface area contributed by atoms with Crippen molar-refractivity contribution < 1.29 is 9.53 Å². The van der Waals surface area contributed by atoms with Gasteiger partial charge >= 0.3 is 0 Å². The van der Waals surface area contributed by atoms with Gasteiger partial charge in [-0.1, -0.05) is 6.07 Å². The molecule has 5 heteroatoms. The first-order valence-electron chi connectivity index (χ1n) is 8.54. The van der Waals surface area contributed by atoms with E-state index in [4.69, 9.17) is 4.74 Å². The summed E-state index contributed by atoms with van der Waals surface area (Å²) < 4.78 is 5.76. The molecule has 1 fully saturated rings. The van der Waals surface area contributed by atoms with Gasteiger partial charge in [0.15, 0.2) is 5.78 Å². The summed E-state index contributed by atoms with van der Waals surface area (Å²) in [4.78, 5) is 22.3. The number of carbonyl (C=O) groups is 1. The molecular formula is C19H25N3O2. The van der Waals surface area contributed by atoms with Crippen LogP contribution in [0.25, 0.3) is 0 Å². The van der Waals surface area contributed by atoms with Crippen LogP contribution in [-0.2, 0) is 11.3 Å². The Morgan fingerprint density at radius 1 is 1.46 bits per heavy atom. The van der Waals surface area contributed by atoms with Crippen molar-refractivity contribution in [2.45, 2.75) is 39.3 Å². The van der Waals surface area contributed by atoms with Crippen molar-refractivity contribution in [1.82, 2.24) is 14.9 Å². The summed E-state index contributed by atoms with van der Waals surface area (Å²) in [5, 5.41) is 0. The lowest BCUT2D eigenvalue weighted by Crippen LogP contribution is -2.36. The Hall–Kier alpha value is -1.98. The van der Waals surface area contributed by atoms with Gasteiger partial charge in [-0.2, -0.15) is 0 Å². The molecule has 2 aromatic heterocycles. The van der Waals surface area contributed by atoms with Crippen LogP contribution in [0.1, 0.15) is 40.2 Å². The molecule has 1 saturated heterocycles. The smallest absolute Gasteiger partial charge is 0.178 e. The Kier molecular flexibility index (Phi) is 5.43. The molecule has 24 heavy (non-hydrogen) atoms. The highest BCUT2D eigenvalue weighted by molar-refractivity contribution is 5.98. The largest absolute Gasteiger partial charge is 0.377 e. The number of nitrogens with zero attached hydrogens (tertiary/aromatic N) is 2. The number of pyridine rings is 1. The highest BCUT2D eigenvalue weighted by Crippen LogP contribution is 2.17. The van der Waals surface area contributed by atoms with E-state index in [9.17, 15) is 4.79 Å². The summed E-state index contributed by atoms with van der Waals surface area (Å²) in [7, 11) is 0. The van der Waals surface area contributed by atoms with Gasteiger partial charge < -0.3 is 9.72 Å².